The Hall–Kier alpha value is -1.61. The van der Waals surface area contributed by atoms with Gasteiger partial charge in [0.05, 0.1) is 82.5 Å². The number of aliphatic hydroxyl groups excluding tert-OH is 1. The Labute approximate surface area is 240 Å². The van der Waals surface area contributed by atoms with Gasteiger partial charge < -0.3 is 33.5 Å². The van der Waals surface area contributed by atoms with Gasteiger partial charge in [-0.05, 0) is 88.4 Å². The summed E-state index contributed by atoms with van der Waals surface area (Å²) in [6.45, 7) is 13.2. The van der Waals surface area contributed by atoms with Gasteiger partial charge in [0.1, 0.15) is 0 Å². The highest BCUT2D eigenvalue weighted by molar-refractivity contribution is 5.72. The van der Waals surface area contributed by atoms with Crippen LogP contribution in [0, 0.1) is 29.1 Å². The quantitative estimate of drug-likeness (QED) is 0.208. The Balaban J connectivity index is 0.000000150. The maximum absolute atomic E-state index is 12.0. The summed E-state index contributed by atoms with van der Waals surface area (Å²) in [4.78, 5) is 12.0. The van der Waals surface area contributed by atoms with Crippen molar-refractivity contribution >= 4 is 5.97 Å². The molecule has 6 atom stereocenters. The molecule has 6 fully saturated rings. The molecule has 40 heavy (non-hydrogen) atoms. The minimum absolute atomic E-state index is 0.00258. The second-order valence-electron chi connectivity index (χ2n) is 12.6. The number of rotatable bonds is 11. The molecule has 3 aliphatic heterocycles. The summed E-state index contributed by atoms with van der Waals surface area (Å²) < 4.78 is 31.8. The van der Waals surface area contributed by atoms with E-state index in [1.165, 1.54) is 38.2 Å². The topological polar surface area (TPSA) is 99.3 Å². The highest BCUT2D eigenvalue weighted by Gasteiger charge is 2.47. The predicted molar refractivity (Wildman–Crippen MR) is 151 cm³/mol. The van der Waals surface area contributed by atoms with Crippen molar-refractivity contribution in [2.24, 2.45) is 29.1 Å². The summed E-state index contributed by atoms with van der Waals surface area (Å²) in [6, 6.07) is 0. The zero-order valence-electron chi connectivity index (χ0n) is 24.5. The van der Waals surface area contributed by atoms with E-state index >= 15 is 0 Å². The molecule has 8 heteroatoms. The van der Waals surface area contributed by atoms with Crippen LogP contribution in [0.3, 0.4) is 0 Å². The summed E-state index contributed by atoms with van der Waals surface area (Å²) in [6.07, 6.45) is 17.1. The maximum atomic E-state index is 12.0. The summed E-state index contributed by atoms with van der Waals surface area (Å²) in [5.74, 6) is 2.04. The van der Waals surface area contributed by atoms with E-state index in [0.717, 1.165) is 71.4 Å². The minimum Gasteiger partial charge on any atom is -0.502 e. The first-order valence-electron chi connectivity index (χ1n) is 15.6. The molecule has 1 N–H and O–H groups in total. The molecule has 0 radical (unpaired) electrons. The van der Waals surface area contributed by atoms with Crippen molar-refractivity contribution < 1.29 is 38.3 Å². The fourth-order valence-corrected chi connectivity index (χ4v) is 6.35. The van der Waals surface area contributed by atoms with Gasteiger partial charge in [0.2, 0.25) is 0 Å². The Morgan fingerprint density at radius 3 is 1.77 bits per heavy atom. The summed E-state index contributed by atoms with van der Waals surface area (Å²) in [5, 5.41) is 8.76. The number of epoxide rings is 2. The average Bonchev–Trinajstić information content (AvgIpc) is 3.89. The monoisotopic (exact) mass is 564 g/mol. The molecule has 3 saturated carbocycles. The largest absolute Gasteiger partial charge is 0.502 e. The van der Waals surface area contributed by atoms with Crippen LogP contribution in [0.5, 0.6) is 0 Å². The lowest BCUT2D eigenvalue weighted by molar-refractivity contribution is -0.151. The zero-order valence-corrected chi connectivity index (χ0v) is 24.5. The molecule has 3 saturated heterocycles. The molecule has 228 valence electrons. The van der Waals surface area contributed by atoms with E-state index in [1.807, 2.05) is 0 Å². The van der Waals surface area contributed by atoms with Crippen LogP contribution in [-0.4, -0.2) is 75.1 Å². The van der Waals surface area contributed by atoms with Gasteiger partial charge in [-0.2, -0.15) is 0 Å². The van der Waals surface area contributed by atoms with Gasteiger partial charge in [-0.25, -0.2) is 0 Å². The van der Waals surface area contributed by atoms with Gasteiger partial charge in [0.25, 0.3) is 0 Å². The summed E-state index contributed by atoms with van der Waals surface area (Å²) >= 11 is 0. The second kappa shape index (κ2) is 15.6. The first kappa shape index (κ1) is 31.3. The van der Waals surface area contributed by atoms with Gasteiger partial charge >= 0.3 is 5.97 Å². The highest BCUT2D eigenvalue weighted by Crippen LogP contribution is 2.41. The molecule has 0 aromatic heterocycles. The number of esters is 1. The fraction of sp³-hybridized carbons (Fsp3) is 0.844. The van der Waals surface area contributed by atoms with Crippen molar-refractivity contribution in [1.29, 1.82) is 0 Å². The summed E-state index contributed by atoms with van der Waals surface area (Å²) in [5.41, 5.74) is 0.139. The second-order valence-corrected chi connectivity index (χ2v) is 12.6. The van der Waals surface area contributed by atoms with Gasteiger partial charge in [-0.1, -0.05) is 20.1 Å². The van der Waals surface area contributed by atoms with Crippen molar-refractivity contribution in [2.75, 3.05) is 39.6 Å². The minimum atomic E-state index is 0.00258. The molecular weight excluding hydrogens is 512 g/mol. The average molecular weight is 565 g/mol. The van der Waals surface area contributed by atoms with Crippen LogP contribution in [0.4, 0.5) is 0 Å². The normalized spacial score (nSPS) is 36.2. The van der Waals surface area contributed by atoms with Crippen molar-refractivity contribution in [3.63, 3.8) is 0 Å². The van der Waals surface area contributed by atoms with E-state index in [4.69, 9.17) is 33.5 Å². The fourth-order valence-electron chi connectivity index (χ4n) is 6.35. The molecule has 0 amide bonds. The van der Waals surface area contributed by atoms with Gasteiger partial charge in [-0.15, -0.1) is 0 Å². The van der Waals surface area contributed by atoms with E-state index in [2.05, 4.69) is 20.1 Å². The molecule has 3 aliphatic carbocycles. The SMILES string of the molecule is C=COCC1CCC(COC=C)CC1.CCC1(CO)COC1.O=C(OCC1CCC2OC2C1)C1CCC2OC2C1. The molecule has 0 bridgehead atoms. The maximum Gasteiger partial charge on any atom is 0.309 e. The van der Waals surface area contributed by atoms with Crippen LogP contribution in [0.2, 0.25) is 0 Å². The van der Waals surface area contributed by atoms with E-state index < -0.39 is 0 Å². The third kappa shape index (κ3) is 9.47. The Bertz CT molecular complexity index is 756. The van der Waals surface area contributed by atoms with Crippen LogP contribution in [0.15, 0.2) is 25.7 Å². The van der Waals surface area contributed by atoms with Crippen molar-refractivity contribution in [3.8, 4) is 0 Å². The van der Waals surface area contributed by atoms with E-state index in [-0.39, 0.29) is 23.9 Å². The molecule has 0 aromatic rings. The van der Waals surface area contributed by atoms with Crippen LogP contribution in [0.1, 0.15) is 77.6 Å². The number of fused-ring (bicyclic) bond motifs is 2. The molecule has 6 aliphatic rings. The van der Waals surface area contributed by atoms with E-state index in [0.29, 0.717) is 48.8 Å². The first-order valence-corrected chi connectivity index (χ1v) is 15.6. The van der Waals surface area contributed by atoms with Crippen LogP contribution in [-0.2, 0) is 33.2 Å². The van der Waals surface area contributed by atoms with Crippen LogP contribution < -0.4 is 0 Å². The number of ether oxygens (including phenoxy) is 6. The predicted octanol–water partition coefficient (Wildman–Crippen LogP) is 5.18. The van der Waals surface area contributed by atoms with Crippen LogP contribution >= 0.6 is 0 Å². The molecule has 6 rings (SSSR count). The molecule has 0 spiro atoms. The van der Waals surface area contributed by atoms with Gasteiger partial charge in [0, 0.05) is 5.41 Å². The molecule has 6 unspecified atom stereocenters. The highest BCUT2D eigenvalue weighted by atomic mass is 16.6. The first-order chi connectivity index (χ1) is 19.5. The Kier molecular flexibility index (Phi) is 12.2. The standard InChI is InChI=1S/C14H20O4.C12H20O2.C6H12O2/c15-14(9-2-4-11-13(6-9)18-11)16-7-8-1-3-10-12(5-8)17-10;1-3-13-9-11-5-7-12(8-6-11)10-14-4-2;1-2-6(3-7)4-8-5-6/h8-13H,1-7H2;3-4,11-12H,1-2,5-10H2;7H,2-5H2,1H3. The van der Waals surface area contributed by atoms with Gasteiger partial charge in [0.15, 0.2) is 0 Å². The van der Waals surface area contributed by atoms with Crippen molar-refractivity contribution in [1.82, 2.24) is 0 Å². The Morgan fingerprint density at radius 1 is 0.800 bits per heavy atom. The number of carbonyl (C=O) groups excluding carboxylic acids is 1. The van der Waals surface area contributed by atoms with Crippen LogP contribution in [0.25, 0.3) is 0 Å². The number of aliphatic hydroxyl groups is 1. The third-order valence-electron chi connectivity index (χ3n) is 9.68. The Morgan fingerprint density at radius 2 is 1.35 bits per heavy atom. The van der Waals surface area contributed by atoms with Gasteiger partial charge in [-0.3, -0.25) is 4.79 Å². The lowest BCUT2D eigenvalue weighted by Gasteiger charge is -2.38. The van der Waals surface area contributed by atoms with E-state index in [9.17, 15) is 4.79 Å². The van der Waals surface area contributed by atoms with Crippen molar-refractivity contribution in [3.05, 3.63) is 25.7 Å². The number of hydrogen-bond donors (Lipinski definition) is 1. The lowest BCUT2D eigenvalue weighted by Crippen LogP contribution is -2.44. The smallest absolute Gasteiger partial charge is 0.309 e. The van der Waals surface area contributed by atoms with Crippen molar-refractivity contribution in [2.45, 2.75) is 102 Å². The zero-order chi connectivity index (χ0) is 28.4. The molecule has 0 aromatic carbocycles. The third-order valence-corrected chi connectivity index (χ3v) is 9.68. The molecule has 8 nitrogen and oxygen atoms in total. The molecular formula is C32H52O8. The summed E-state index contributed by atoms with van der Waals surface area (Å²) in [7, 11) is 0. The van der Waals surface area contributed by atoms with E-state index in [1.54, 1.807) is 0 Å². The number of hydrogen-bond acceptors (Lipinski definition) is 8. The molecule has 3 heterocycles. The lowest BCUT2D eigenvalue weighted by atomic mass is 9.83. The number of carbonyl (C=O) groups is 1.